The second-order valence-corrected chi connectivity index (χ2v) is 4.72. The first-order chi connectivity index (χ1) is 8.49. The summed E-state index contributed by atoms with van der Waals surface area (Å²) in [5.41, 5.74) is 7.07. The van der Waals surface area contributed by atoms with Gasteiger partial charge in [0, 0.05) is 12.2 Å². The maximum absolute atomic E-state index is 11.7. The molecule has 4 nitrogen and oxygen atoms in total. The Hall–Kier alpha value is -1.42. The summed E-state index contributed by atoms with van der Waals surface area (Å²) in [6, 6.07) is 3.18. The van der Waals surface area contributed by atoms with Gasteiger partial charge in [0.1, 0.15) is 0 Å². The van der Waals surface area contributed by atoms with Crippen LogP contribution >= 0.6 is 11.6 Å². The summed E-state index contributed by atoms with van der Waals surface area (Å²) in [5.74, 6) is 0.0416. The Balaban J connectivity index is 3.04. The molecule has 5 heteroatoms. The molecule has 1 aromatic carbocycles. The second kappa shape index (κ2) is 6.50. The van der Waals surface area contributed by atoms with Crippen molar-refractivity contribution in [2.75, 3.05) is 24.7 Å². The van der Waals surface area contributed by atoms with Gasteiger partial charge in [-0.25, -0.2) is 4.79 Å². The highest BCUT2D eigenvalue weighted by Crippen LogP contribution is 2.30. The molecule has 0 saturated heterocycles. The molecule has 0 aliphatic carbocycles. The highest BCUT2D eigenvalue weighted by Gasteiger charge is 2.16. The number of carbonyl (C=O) groups excluding carboxylic acids is 1. The third-order valence-electron chi connectivity index (χ3n) is 2.84. The Morgan fingerprint density at radius 3 is 2.78 bits per heavy atom. The van der Waals surface area contributed by atoms with Gasteiger partial charge in [-0.05, 0) is 18.1 Å². The zero-order valence-corrected chi connectivity index (χ0v) is 11.7. The summed E-state index contributed by atoms with van der Waals surface area (Å²) >= 11 is 6.11. The molecule has 1 atom stereocenters. The molecule has 1 aromatic rings. The van der Waals surface area contributed by atoms with E-state index in [4.69, 9.17) is 22.1 Å². The molecule has 0 saturated carbocycles. The smallest absolute Gasteiger partial charge is 0.340 e. The predicted molar refractivity (Wildman–Crippen MR) is 75.1 cm³/mol. The molecule has 1 unspecified atom stereocenters. The molecule has 0 fully saturated rings. The summed E-state index contributed by atoms with van der Waals surface area (Å²) in [5, 5.41) is 3.62. The van der Waals surface area contributed by atoms with Crippen molar-refractivity contribution in [2.24, 2.45) is 5.92 Å². The lowest BCUT2D eigenvalue weighted by atomic mass is 10.1. The molecule has 3 N–H and O–H groups in total. The number of halogens is 1. The van der Waals surface area contributed by atoms with E-state index < -0.39 is 5.97 Å². The zero-order valence-electron chi connectivity index (χ0n) is 10.9. The van der Waals surface area contributed by atoms with Crippen LogP contribution in [0.25, 0.3) is 0 Å². The number of hydrogen-bond donors (Lipinski definition) is 2. The van der Waals surface area contributed by atoms with Crippen LogP contribution in [0.15, 0.2) is 12.1 Å². The van der Waals surface area contributed by atoms with Crippen LogP contribution in [0.1, 0.15) is 30.6 Å². The first kappa shape index (κ1) is 14.6. The summed E-state index contributed by atoms with van der Waals surface area (Å²) in [6.07, 6.45) is 1.05. The van der Waals surface area contributed by atoms with E-state index in [9.17, 15) is 4.79 Å². The van der Waals surface area contributed by atoms with Gasteiger partial charge in [0.2, 0.25) is 0 Å². The van der Waals surface area contributed by atoms with Gasteiger partial charge >= 0.3 is 5.97 Å². The van der Waals surface area contributed by atoms with Gasteiger partial charge < -0.3 is 15.8 Å². The van der Waals surface area contributed by atoms with E-state index in [-0.39, 0.29) is 0 Å². The van der Waals surface area contributed by atoms with Crippen LogP contribution in [0, 0.1) is 5.92 Å². The van der Waals surface area contributed by atoms with Crippen molar-refractivity contribution in [1.82, 2.24) is 0 Å². The molecular formula is C13H19ClN2O2. The van der Waals surface area contributed by atoms with Crippen molar-refractivity contribution in [1.29, 1.82) is 0 Å². The van der Waals surface area contributed by atoms with Crippen LogP contribution in [-0.4, -0.2) is 19.6 Å². The van der Waals surface area contributed by atoms with Crippen molar-refractivity contribution < 1.29 is 9.53 Å². The topological polar surface area (TPSA) is 64.3 Å². The number of benzene rings is 1. The Kier molecular flexibility index (Phi) is 5.28. The number of esters is 1. The van der Waals surface area contributed by atoms with Gasteiger partial charge in [-0.1, -0.05) is 31.9 Å². The largest absolute Gasteiger partial charge is 0.465 e. The van der Waals surface area contributed by atoms with Crippen LogP contribution < -0.4 is 11.1 Å². The van der Waals surface area contributed by atoms with Crippen molar-refractivity contribution in [3.63, 3.8) is 0 Å². The van der Waals surface area contributed by atoms with Crippen LogP contribution in [0.4, 0.5) is 11.4 Å². The lowest BCUT2D eigenvalue weighted by Crippen LogP contribution is -2.14. The fourth-order valence-corrected chi connectivity index (χ4v) is 1.79. The van der Waals surface area contributed by atoms with E-state index in [0.717, 1.165) is 13.0 Å². The van der Waals surface area contributed by atoms with E-state index in [0.29, 0.717) is 27.9 Å². The average Bonchev–Trinajstić information content (AvgIpc) is 2.35. The fourth-order valence-electron chi connectivity index (χ4n) is 1.50. The quantitative estimate of drug-likeness (QED) is 0.637. The van der Waals surface area contributed by atoms with E-state index >= 15 is 0 Å². The van der Waals surface area contributed by atoms with Crippen LogP contribution in [-0.2, 0) is 4.74 Å². The minimum atomic E-state index is -0.448. The number of rotatable bonds is 5. The Morgan fingerprint density at radius 1 is 1.56 bits per heavy atom. The number of nitrogens with two attached hydrogens (primary N) is 1. The number of carbonyl (C=O) groups is 1. The summed E-state index contributed by atoms with van der Waals surface area (Å²) in [7, 11) is 1.33. The Morgan fingerprint density at radius 2 is 2.22 bits per heavy atom. The summed E-state index contributed by atoms with van der Waals surface area (Å²) < 4.78 is 4.73. The van der Waals surface area contributed by atoms with Crippen LogP contribution in [0.2, 0.25) is 5.02 Å². The molecular weight excluding hydrogens is 252 g/mol. The number of ether oxygens (including phenoxy) is 1. The highest BCUT2D eigenvalue weighted by molar-refractivity contribution is 6.34. The van der Waals surface area contributed by atoms with Gasteiger partial charge in [0.15, 0.2) is 0 Å². The molecule has 0 spiro atoms. The van der Waals surface area contributed by atoms with Crippen molar-refractivity contribution >= 4 is 28.9 Å². The van der Waals surface area contributed by atoms with Gasteiger partial charge in [-0.15, -0.1) is 0 Å². The van der Waals surface area contributed by atoms with Gasteiger partial charge in [-0.2, -0.15) is 0 Å². The van der Waals surface area contributed by atoms with Gasteiger partial charge in [0.05, 0.1) is 23.4 Å². The van der Waals surface area contributed by atoms with Crippen molar-refractivity contribution in [3.05, 3.63) is 22.7 Å². The zero-order chi connectivity index (χ0) is 13.7. The molecule has 0 heterocycles. The number of anilines is 2. The number of nitrogen functional groups attached to an aromatic ring is 1. The normalized spacial score (nSPS) is 12.0. The maximum Gasteiger partial charge on any atom is 0.340 e. The number of methoxy groups -OCH3 is 1. The molecule has 100 valence electrons. The number of nitrogens with one attached hydrogen (secondary N) is 1. The lowest BCUT2D eigenvalue weighted by molar-refractivity contribution is 0.0602. The molecule has 0 radical (unpaired) electrons. The minimum Gasteiger partial charge on any atom is -0.465 e. The van der Waals surface area contributed by atoms with E-state index in [2.05, 4.69) is 19.2 Å². The van der Waals surface area contributed by atoms with E-state index in [1.807, 2.05) is 0 Å². The van der Waals surface area contributed by atoms with E-state index in [1.165, 1.54) is 7.11 Å². The molecule has 0 aliphatic rings. The van der Waals surface area contributed by atoms with Gasteiger partial charge in [-0.3, -0.25) is 0 Å². The standard InChI is InChI=1S/C13H19ClN2O2/c1-4-8(2)7-16-12-10(13(17)18-3)5-9(15)6-11(12)14/h5-6,8,16H,4,7,15H2,1-3H3. The van der Waals surface area contributed by atoms with Gasteiger partial charge in [0.25, 0.3) is 0 Å². The third-order valence-corrected chi connectivity index (χ3v) is 3.14. The molecule has 0 aliphatic heterocycles. The number of hydrogen-bond acceptors (Lipinski definition) is 4. The highest BCUT2D eigenvalue weighted by atomic mass is 35.5. The monoisotopic (exact) mass is 270 g/mol. The third kappa shape index (κ3) is 3.53. The van der Waals surface area contributed by atoms with E-state index in [1.54, 1.807) is 12.1 Å². The van der Waals surface area contributed by atoms with Crippen molar-refractivity contribution in [3.8, 4) is 0 Å². The first-order valence-corrected chi connectivity index (χ1v) is 6.28. The first-order valence-electron chi connectivity index (χ1n) is 5.90. The Labute approximate surface area is 112 Å². The summed E-state index contributed by atoms with van der Waals surface area (Å²) in [4.78, 5) is 11.7. The Bertz CT molecular complexity index is 435. The second-order valence-electron chi connectivity index (χ2n) is 4.31. The SMILES string of the molecule is CCC(C)CNc1c(Cl)cc(N)cc1C(=O)OC. The maximum atomic E-state index is 11.7. The molecule has 18 heavy (non-hydrogen) atoms. The molecule has 0 amide bonds. The van der Waals surface area contributed by atoms with Crippen molar-refractivity contribution in [2.45, 2.75) is 20.3 Å². The van der Waals surface area contributed by atoms with Crippen LogP contribution in [0.3, 0.4) is 0 Å². The molecule has 0 aromatic heterocycles. The molecule has 0 bridgehead atoms. The fraction of sp³-hybridized carbons (Fsp3) is 0.462. The summed E-state index contributed by atoms with van der Waals surface area (Å²) in [6.45, 7) is 4.97. The van der Waals surface area contributed by atoms with Crippen LogP contribution in [0.5, 0.6) is 0 Å². The minimum absolute atomic E-state index is 0.366. The average molecular weight is 271 g/mol. The molecule has 1 rings (SSSR count). The lowest BCUT2D eigenvalue weighted by Gasteiger charge is -2.16. The predicted octanol–water partition coefficient (Wildman–Crippen LogP) is 3.17.